The molecule has 0 unspecified atom stereocenters. The molecule has 7 aromatic rings. The highest BCUT2D eigenvalue weighted by Gasteiger charge is 2.22. The molecule has 8 rings (SSSR count). The molecule has 37 heavy (non-hydrogen) atoms. The Kier molecular flexibility index (Phi) is 4.49. The highest BCUT2D eigenvalue weighted by Crippen LogP contribution is 2.51. The molecule has 3 heteroatoms. The van der Waals surface area contributed by atoms with E-state index in [4.69, 9.17) is 9.15 Å². The Morgan fingerprint density at radius 3 is 1.86 bits per heavy atom. The first kappa shape index (κ1) is 20.7. The fourth-order valence-electron chi connectivity index (χ4n) is 5.44. The van der Waals surface area contributed by atoms with Crippen LogP contribution in [0, 0.1) is 0 Å². The summed E-state index contributed by atoms with van der Waals surface area (Å²) in [7, 11) is 0. The summed E-state index contributed by atoms with van der Waals surface area (Å²) in [6.07, 6.45) is 0. The van der Waals surface area contributed by atoms with Gasteiger partial charge < -0.3 is 9.15 Å². The van der Waals surface area contributed by atoms with Crippen LogP contribution in [0.3, 0.4) is 0 Å². The fraction of sp³-hybridized carbons (Fsp3) is 0. The molecule has 0 N–H and O–H groups in total. The van der Waals surface area contributed by atoms with Crippen molar-refractivity contribution in [2.45, 2.75) is 9.79 Å². The van der Waals surface area contributed by atoms with E-state index in [0.717, 1.165) is 43.9 Å². The number of hydrogen-bond donors (Lipinski definition) is 0. The van der Waals surface area contributed by atoms with E-state index in [-0.39, 0.29) is 0 Å². The molecule has 0 radical (unpaired) electrons. The second-order valence-corrected chi connectivity index (χ2v) is 10.4. The van der Waals surface area contributed by atoms with Gasteiger partial charge in [-0.05, 0) is 74.8 Å². The highest BCUT2D eigenvalue weighted by atomic mass is 32.2. The van der Waals surface area contributed by atoms with Gasteiger partial charge in [-0.3, -0.25) is 0 Å². The van der Waals surface area contributed by atoms with Crippen LogP contribution in [-0.2, 0) is 0 Å². The molecule has 0 saturated heterocycles. The summed E-state index contributed by atoms with van der Waals surface area (Å²) >= 11 is 1.73. The zero-order chi connectivity index (χ0) is 24.3. The van der Waals surface area contributed by atoms with Crippen LogP contribution in [0.15, 0.2) is 136 Å². The lowest BCUT2D eigenvalue weighted by molar-refractivity contribution is 0.454. The van der Waals surface area contributed by atoms with E-state index < -0.39 is 0 Å². The van der Waals surface area contributed by atoms with E-state index in [1.165, 1.54) is 32.3 Å². The monoisotopic (exact) mass is 492 g/mol. The molecule has 0 saturated carbocycles. The summed E-state index contributed by atoms with van der Waals surface area (Å²) < 4.78 is 12.8. The Hall–Kier alpha value is -4.47. The van der Waals surface area contributed by atoms with Crippen molar-refractivity contribution in [2.24, 2.45) is 0 Å². The number of rotatable bonds is 2. The predicted octanol–water partition coefficient (Wildman–Crippen LogP) is 10.3. The van der Waals surface area contributed by atoms with Crippen molar-refractivity contribution in [2.75, 3.05) is 0 Å². The molecule has 0 bridgehead atoms. The Morgan fingerprint density at radius 2 is 1.08 bits per heavy atom. The van der Waals surface area contributed by atoms with Gasteiger partial charge in [0.2, 0.25) is 0 Å². The lowest BCUT2D eigenvalue weighted by Crippen LogP contribution is -1.96. The largest absolute Gasteiger partial charge is 0.456 e. The van der Waals surface area contributed by atoms with Crippen molar-refractivity contribution in [1.82, 2.24) is 0 Å². The summed E-state index contributed by atoms with van der Waals surface area (Å²) in [4.78, 5) is 2.22. The van der Waals surface area contributed by atoms with Crippen LogP contribution in [0.2, 0.25) is 0 Å². The van der Waals surface area contributed by atoms with Crippen LogP contribution in [0.5, 0.6) is 11.5 Å². The van der Waals surface area contributed by atoms with Crippen LogP contribution in [-0.4, -0.2) is 0 Å². The van der Waals surface area contributed by atoms with Gasteiger partial charge in [-0.25, -0.2) is 0 Å². The summed E-state index contributed by atoms with van der Waals surface area (Å²) in [5.74, 6) is 3.38. The first-order chi connectivity index (χ1) is 18.3. The van der Waals surface area contributed by atoms with E-state index in [1.807, 2.05) is 24.3 Å². The maximum Gasteiger partial charge on any atom is 0.152 e. The highest BCUT2D eigenvalue weighted by molar-refractivity contribution is 7.99. The molecular weight excluding hydrogens is 472 g/mol. The Bertz CT molecular complexity index is 1960. The molecule has 0 spiro atoms. The molecule has 1 aromatic heterocycles. The number of fused-ring (bicyclic) bond motifs is 8. The molecular formula is C34H20O2S. The van der Waals surface area contributed by atoms with Gasteiger partial charge in [0.1, 0.15) is 17.3 Å². The maximum absolute atomic E-state index is 6.47. The lowest BCUT2D eigenvalue weighted by atomic mass is 9.93. The standard InChI is InChI=1S/C34H20O2S/c1-2-10-24-22(8-1)23-9-3-4-11-25(23)28-20-21(16-17-26(24)28)29-18-19-30(35-29)27-12-7-15-33-34(27)36-31-13-5-6-14-32(31)37-33/h1-20H. The third-order valence-electron chi connectivity index (χ3n) is 7.16. The number of benzene rings is 6. The minimum atomic E-state index is 0.801. The van der Waals surface area contributed by atoms with Gasteiger partial charge in [0.05, 0.1) is 15.4 Å². The third-order valence-corrected chi connectivity index (χ3v) is 8.26. The van der Waals surface area contributed by atoms with E-state index in [0.29, 0.717) is 0 Å². The second kappa shape index (κ2) is 8.02. The van der Waals surface area contributed by atoms with Crippen molar-refractivity contribution < 1.29 is 9.15 Å². The molecule has 0 aliphatic carbocycles. The van der Waals surface area contributed by atoms with E-state index >= 15 is 0 Å². The number of para-hydroxylation sites is 2. The van der Waals surface area contributed by atoms with Crippen LogP contribution in [0.25, 0.3) is 55.0 Å². The fourth-order valence-corrected chi connectivity index (χ4v) is 6.43. The van der Waals surface area contributed by atoms with Gasteiger partial charge >= 0.3 is 0 Å². The molecule has 0 fully saturated rings. The SMILES string of the molecule is c1ccc2c(c1)Oc1c(cccc1-c1ccc(-c3ccc4c5ccccc5c5ccccc5c4c3)o1)S2. The number of ether oxygens (including phenoxy) is 1. The molecule has 2 heterocycles. The predicted molar refractivity (Wildman–Crippen MR) is 153 cm³/mol. The molecule has 2 nitrogen and oxygen atoms in total. The van der Waals surface area contributed by atoms with Crippen LogP contribution >= 0.6 is 11.8 Å². The number of hydrogen-bond acceptors (Lipinski definition) is 3. The van der Waals surface area contributed by atoms with Crippen LogP contribution in [0.1, 0.15) is 0 Å². The van der Waals surface area contributed by atoms with Crippen LogP contribution in [0.4, 0.5) is 0 Å². The Balaban J connectivity index is 1.26. The summed E-state index contributed by atoms with van der Waals surface area (Å²) in [6, 6.07) is 42.4. The van der Waals surface area contributed by atoms with Crippen molar-refractivity contribution in [3.63, 3.8) is 0 Å². The second-order valence-electron chi connectivity index (χ2n) is 9.30. The first-order valence-corrected chi connectivity index (χ1v) is 13.2. The Labute approximate surface area is 218 Å². The van der Waals surface area contributed by atoms with E-state index in [2.05, 4.69) is 97.1 Å². The quantitative estimate of drug-likeness (QED) is 0.224. The molecule has 1 aliphatic rings. The zero-order valence-corrected chi connectivity index (χ0v) is 20.6. The van der Waals surface area contributed by atoms with Crippen molar-refractivity contribution in [3.8, 4) is 34.1 Å². The van der Waals surface area contributed by atoms with Crippen molar-refractivity contribution in [3.05, 3.63) is 121 Å². The van der Waals surface area contributed by atoms with E-state index in [1.54, 1.807) is 11.8 Å². The van der Waals surface area contributed by atoms with Gasteiger partial charge in [-0.15, -0.1) is 0 Å². The number of furan rings is 1. The minimum absolute atomic E-state index is 0.801. The van der Waals surface area contributed by atoms with Gasteiger partial charge in [-0.2, -0.15) is 0 Å². The van der Waals surface area contributed by atoms with Gasteiger partial charge in [-0.1, -0.05) is 90.6 Å². The normalized spacial score (nSPS) is 12.4. The topological polar surface area (TPSA) is 22.4 Å². The average Bonchev–Trinajstić information content (AvgIpc) is 3.46. The molecule has 0 amide bonds. The smallest absolute Gasteiger partial charge is 0.152 e. The maximum atomic E-state index is 6.47. The van der Waals surface area contributed by atoms with Gasteiger partial charge in [0, 0.05) is 5.56 Å². The molecule has 6 aromatic carbocycles. The van der Waals surface area contributed by atoms with Crippen molar-refractivity contribution >= 4 is 44.1 Å². The van der Waals surface area contributed by atoms with E-state index in [9.17, 15) is 0 Å². The van der Waals surface area contributed by atoms with Gasteiger partial charge in [0.15, 0.2) is 5.75 Å². The minimum Gasteiger partial charge on any atom is -0.456 e. The summed E-state index contributed by atoms with van der Waals surface area (Å²) in [6.45, 7) is 0. The first-order valence-electron chi connectivity index (χ1n) is 12.3. The molecule has 174 valence electrons. The average molecular weight is 493 g/mol. The molecule has 1 aliphatic heterocycles. The van der Waals surface area contributed by atoms with Crippen LogP contribution < -0.4 is 4.74 Å². The summed E-state index contributed by atoms with van der Waals surface area (Å²) in [5.41, 5.74) is 2.02. The summed E-state index contributed by atoms with van der Waals surface area (Å²) in [5, 5.41) is 7.57. The zero-order valence-electron chi connectivity index (χ0n) is 19.8. The lowest BCUT2D eigenvalue weighted by Gasteiger charge is -2.21. The Morgan fingerprint density at radius 1 is 0.459 bits per heavy atom. The molecule has 0 atom stereocenters. The third kappa shape index (κ3) is 3.21. The van der Waals surface area contributed by atoms with Gasteiger partial charge in [0.25, 0.3) is 0 Å². The van der Waals surface area contributed by atoms with Crippen molar-refractivity contribution in [1.29, 1.82) is 0 Å².